The first-order valence-corrected chi connectivity index (χ1v) is 6.12. The third-order valence-corrected chi connectivity index (χ3v) is 3.15. The fraction of sp³-hybridized carbons (Fsp3) is 0.133. The van der Waals surface area contributed by atoms with Crippen LogP contribution in [0.1, 0.15) is 12.5 Å². The van der Waals surface area contributed by atoms with Gasteiger partial charge in [-0.15, -0.1) is 0 Å². The third kappa shape index (κ3) is 1.99. The van der Waals surface area contributed by atoms with Crippen molar-refractivity contribution in [3.63, 3.8) is 0 Å². The van der Waals surface area contributed by atoms with Gasteiger partial charge in [-0.2, -0.15) is 0 Å². The molecule has 2 aromatic carbocycles. The van der Waals surface area contributed by atoms with Crippen molar-refractivity contribution in [3.05, 3.63) is 53.6 Å². The molecule has 0 saturated heterocycles. The Morgan fingerprint density at radius 2 is 1.84 bits per heavy atom. The quantitative estimate of drug-likeness (QED) is 0.737. The number of fused-ring (bicyclic) bond motifs is 1. The standard InChI is InChI=1S/C15H12F2N2/c1-2-9-6-7-12-13(8-9)19-15(18-12)14-10(16)4-3-5-11(14)17/h3-8H,2H2,1H3,(H,18,19). The second-order valence-corrected chi connectivity index (χ2v) is 4.39. The van der Waals surface area contributed by atoms with Gasteiger partial charge in [0, 0.05) is 0 Å². The summed E-state index contributed by atoms with van der Waals surface area (Å²) in [6.07, 6.45) is 0.901. The Hall–Kier alpha value is -2.23. The number of imidazole rings is 1. The van der Waals surface area contributed by atoms with Crippen molar-refractivity contribution in [3.8, 4) is 11.4 Å². The average Bonchev–Trinajstić information content (AvgIpc) is 2.80. The third-order valence-electron chi connectivity index (χ3n) is 3.15. The Labute approximate surface area is 109 Å². The molecule has 4 heteroatoms. The fourth-order valence-electron chi connectivity index (χ4n) is 2.12. The zero-order valence-electron chi connectivity index (χ0n) is 10.4. The van der Waals surface area contributed by atoms with Crippen LogP contribution in [0.3, 0.4) is 0 Å². The number of benzene rings is 2. The lowest BCUT2D eigenvalue weighted by molar-refractivity contribution is 0.588. The van der Waals surface area contributed by atoms with E-state index < -0.39 is 11.6 Å². The molecule has 0 spiro atoms. The summed E-state index contributed by atoms with van der Waals surface area (Å²) >= 11 is 0. The van der Waals surface area contributed by atoms with E-state index in [1.165, 1.54) is 18.2 Å². The molecule has 1 heterocycles. The number of H-pyrrole nitrogens is 1. The maximum Gasteiger partial charge on any atom is 0.144 e. The maximum atomic E-state index is 13.7. The van der Waals surface area contributed by atoms with Gasteiger partial charge in [-0.05, 0) is 36.2 Å². The molecule has 0 fully saturated rings. The first kappa shape index (κ1) is 11.8. The Morgan fingerprint density at radius 1 is 1.11 bits per heavy atom. The molecule has 19 heavy (non-hydrogen) atoms. The van der Waals surface area contributed by atoms with E-state index in [1.54, 1.807) is 0 Å². The first-order valence-electron chi connectivity index (χ1n) is 6.12. The van der Waals surface area contributed by atoms with Gasteiger partial charge in [0.15, 0.2) is 0 Å². The highest BCUT2D eigenvalue weighted by Gasteiger charge is 2.14. The summed E-state index contributed by atoms with van der Waals surface area (Å²) in [5, 5.41) is 0. The van der Waals surface area contributed by atoms with E-state index >= 15 is 0 Å². The number of aryl methyl sites for hydroxylation is 1. The van der Waals surface area contributed by atoms with Gasteiger partial charge in [-0.1, -0.05) is 19.1 Å². The van der Waals surface area contributed by atoms with Crippen LogP contribution in [0.5, 0.6) is 0 Å². The van der Waals surface area contributed by atoms with E-state index in [-0.39, 0.29) is 11.4 Å². The lowest BCUT2D eigenvalue weighted by Gasteiger charge is -2.00. The van der Waals surface area contributed by atoms with Crippen molar-refractivity contribution < 1.29 is 8.78 Å². The normalized spacial score (nSPS) is 11.1. The molecule has 3 aromatic rings. The van der Waals surface area contributed by atoms with Crippen LogP contribution in [0.25, 0.3) is 22.4 Å². The number of hydrogen-bond donors (Lipinski definition) is 1. The first-order chi connectivity index (χ1) is 9.19. The van der Waals surface area contributed by atoms with E-state index in [2.05, 4.69) is 16.9 Å². The monoisotopic (exact) mass is 258 g/mol. The van der Waals surface area contributed by atoms with Crippen LogP contribution < -0.4 is 0 Å². The number of aromatic amines is 1. The Balaban J connectivity index is 2.21. The van der Waals surface area contributed by atoms with Crippen molar-refractivity contribution in [2.75, 3.05) is 0 Å². The highest BCUT2D eigenvalue weighted by Crippen LogP contribution is 2.26. The van der Waals surface area contributed by atoms with E-state index in [0.29, 0.717) is 5.52 Å². The average molecular weight is 258 g/mol. The fourth-order valence-corrected chi connectivity index (χ4v) is 2.12. The number of halogens is 2. The van der Waals surface area contributed by atoms with E-state index in [4.69, 9.17) is 0 Å². The predicted molar refractivity (Wildman–Crippen MR) is 70.8 cm³/mol. The van der Waals surface area contributed by atoms with Crippen LogP contribution in [0.2, 0.25) is 0 Å². The van der Waals surface area contributed by atoms with Crippen molar-refractivity contribution in [1.82, 2.24) is 9.97 Å². The number of rotatable bonds is 2. The van der Waals surface area contributed by atoms with Crippen LogP contribution in [0.4, 0.5) is 8.78 Å². The predicted octanol–water partition coefficient (Wildman–Crippen LogP) is 4.07. The van der Waals surface area contributed by atoms with Gasteiger partial charge in [-0.3, -0.25) is 0 Å². The highest BCUT2D eigenvalue weighted by molar-refractivity contribution is 5.80. The minimum Gasteiger partial charge on any atom is -0.338 e. The smallest absolute Gasteiger partial charge is 0.144 e. The topological polar surface area (TPSA) is 28.7 Å². The molecule has 2 nitrogen and oxygen atoms in total. The van der Waals surface area contributed by atoms with Gasteiger partial charge in [-0.25, -0.2) is 13.8 Å². The number of hydrogen-bond acceptors (Lipinski definition) is 1. The zero-order valence-corrected chi connectivity index (χ0v) is 10.4. The van der Waals surface area contributed by atoms with Gasteiger partial charge < -0.3 is 4.98 Å². The molecule has 0 radical (unpaired) electrons. The Kier molecular flexibility index (Phi) is 2.78. The molecule has 0 amide bonds. The van der Waals surface area contributed by atoms with E-state index in [9.17, 15) is 8.78 Å². The van der Waals surface area contributed by atoms with E-state index in [0.717, 1.165) is 17.5 Å². The van der Waals surface area contributed by atoms with Gasteiger partial charge >= 0.3 is 0 Å². The maximum absolute atomic E-state index is 13.7. The molecule has 0 saturated carbocycles. The minimum absolute atomic E-state index is 0.114. The molecule has 1 aromatic heterocycles. The minimum atomic E-state index is -0.616. The zero-order chi connectivity index (χ0) is 13.4. The van der Waals surface area contributed by atoms with Crippen molar-refractivity contribution in [1.29, 1.82) is 0 Å². The van der Waals surface area contributed by atoms with Gasteiger partial charge in [0.2, 0.25) is 0 Å². The van der Waals surface area contributed by atoms with Crippen LogP contribution in [-0.4, -0.2) is 9.97 Å². The molecular weight excluding hydrogens is 246 g/mol. The van der Waals surface area contributed by atoms with Gasteiger partial charge in [0.25, 0.3) is 0 Å². The Bertz CT molecular complexity index is 727. The molecule has 3 rings (SSSR count). The van der Waals surface area contributed by atoms with E-state index in [1.807, 2.05) is 18.2 Å². The lowest BCUT2D eigenvalue weighted by atomic mass is 10.1. The van der Waals surface area contributed by atoms with Crippen molar-refractivity contribution >= 4 is 11.0 Å². The molecule has 0 atom stereocenters. The lowest BCUT2D eigenvalue weighted by Crippen LogP contribution is -1.90. The van der Waals surface area contributed by atoms with Crippen molar-refractivity contribution in [2.24, 2.45) is 0 Å². The second-order valence-electron chi connectivity index (χ2n) is 4.39. The van der Waals surface area contributed by atoms with Crippen LogP contribution in [0, 0.1) is 11.6 Å². The molecule has 0 unspecified atom stereocenters. The summed E-state index contributed by atoms with van der Waals surface area (Å²) in [5.41, 5.74) is 2.53. The molecule has 1 N–H and O–H groups in total. The largest absolute Gasteiger partial charge is 0.338 e. The van der Waals surface area contributed by atoms with Crippen LogP contribution in [0.15, 0.2) is 36.4 Å². The molecule has 0 aliphatic heterocycles. The van der Waals surface area contributed by atoms with Crippen molar-refractivity contribution in [2.45, 2.75) is 13.3 Å². The molecule has 96 valence electrons. The number of aromatic nitrogens is 2. The molecular formula is C15H12F2N2. The Morgan fingerprint density at radius 3 is 2.53 bits per heavy atom. The summed E-state index contributed by atoms with van der Waals surface area (Å²) in [4.78, 5) is 7.22. The SMILES string of the molecule is CCc1ccc2nc(-c3c(F)cccc3F)[nH]c2c1. The van der Waals surface area contributed by atoms with Crippen LogP contribution in [-0.2, 0) is 6.42 Å². The van der Waals surface area contributed by atoms with Crippen LogP contribution >= 0.6 is 0 Å². The van der Waals surface area contributed by atoms with Gasteiger partial charge in [0.05, 0.1) is 16.6 Å². The summed E-state index contributed by atoms with van der Waals surface area (Å²) in [6, 6.07) is 9.56. The highest BCUT2D eigenvalue weighted by atomic mass is 19.1. The summed E-state index contributed by atoms with van der Waals surface area (Å²) in [5.74, 6) is -1.01. The molecule has 0 aliphatic carbocycles. The molecule has 0 bridgehead atoms. The number of nitrogens with one attached hydrogen (secondary N) is 1. The summed E-state index contributed by atoms with van der Waals surface area (Å²) in [7, 11) is 0. The summed E-state index contributed by atoms with van der Waals surface area (Å²) in [6.45, 7) is 2.05. The summed E-state index contributed by atoms with van der Waals surface area (Å²) < 4.78 is 27.4. The number of nitrogens with zero attached hydrogens (tertiary/aromatic N) is 1. The molecule has 0 aliphatic rings. The van der Waals surface area contributed by atoms with Gasteiger partial charge in [0.1, 0.15) is 17.5 Å². The second kappa shape index (κ2) is 4.46.